The minimum absolute atomic E-state index is 0.0765. The van der Waals surface area contributed by atoms with E-state index in [4.69, 9.17) is 4.42 Å². The highest BCUT2D eigenvalue weighted by Gasteiger charge is 2.33. The van der Waals surface area contributed by atoms with Gasteiger partial charge >= 0.3 is 6.61 Å². The second kappa shape index (κ2) is 8.12. The Hall–Kier alpha value is -3.07. The molecule has 1 saturated heterocycles. The summed E-state index contributed by atoms with van der Waals surface area (Å²) in [6, 6.07) is 9.37. The van der Waals surface area contributed by atoms with Crippen LogP contribution in [0.15, 0.2) is 57.7 Å². The molecular formula is C23H16BrF3N2O3. The number of carbonyl (C=O) groups excluding carboxylic acids is 1. The van der Waals surface area contributed by atoms with Crippen molar-refractivity contribution >= 4 is 43.8 Å². The number of rotatable bonds is 5. The molecule has 5 nitrogen and oxygen atoms in total. The summed E-state index contributed by atoms with van der Waals surface area (Å²) < 4.78 is 51.2. The van der Waals surface area contributed by atoms with Crippen molar-refractivity contribution in [3.63, 3.8) is 0 Å². The first-order chi connectivity index (χ1) is 15.4. The van der Waals surface area contributed by atoms with Crippen molar-refractivity contribution in [1.82, 2.24) is 9.88 Å². The zero-order valence-corrected chi connectivity index (χ0v) is 18.1. The van der Waals surface area contributed by atoms with E-state index in [0.29, 0.717) is 28.5 Å². The van der Waals surface area contributed by atoms with Gasteiger partial charge in [0.05, 0.1) is 0 Å². The van der Waals surface area contributed by atoms with Crippen molar-refractivity contribution in [2.24, 2.45) is 0 Å². The van der Waals surface area contributed by atoms with Gasteiger partial charge in [-0.15, -0.1) is 0 Å². The van der Waals surface area contributed by atoms with Crippen LogP contribution < -0.4 is 4.74 Å². The molecule has 0 bridgehead atoms. The van der Waals surface area contributed by atoms with Crippen LogP contribution in [-0.2, 0) is 11.3 Å². The van der Waals surface area contributed by atoms with Gasteiger partial charge in [-0.1, -0.05) is 22.0 Å². The third-order valence-corrected chi connectivity index (χ3v) is 6.15. The fourth-order valence-corrected chi connectivity index (χ4v) is 4.67. The van der Waals surface area contributed by atoms with Crippen LogP contribution in [0.3, 0.4) is 0 Å². The van der Waals surface area contributed by atoms with E-state index in [9.17, 15) is 18.0 Å². The number of pyridine rings is 1. The van der Waals surface area contributed by atoms with E-state index in [1.807, 2.05) is 0 Å². The summed E-state index contributed by atoms with van der Waals surface area (Å²) in [5.41, 5.74) is 1.87. The van der Waals surface area contributed by atoms with E-state index >= 15 is 0 Å². The number of fused-ring (bicyclic) bond motifs is 3. The van der Waals surface area contributed by atoms with Crippen LogP contribution in [0.25, 0.3) is 21.9 Å². The van der Waals surface area contributed by atoms with Crippen LogP contribution >= 0.6 is 15.9 Å². The predicted molar refractivity (Wildman–Crippen MR) is 115 cm³/mol. The Morgan fingerprint density at radius 1 is 1.25 bits per heavy atom. The van der Waals surface area contributed by atoms with Gasteiger partial charge in [0, 0.05) is 58.6 Å². The Balaban J connectivity index is 1.53. The molecule has 1 amide bonds. The molecule has 1 aliphatic rings. The van der Waals surface area contributed by atoms with Crippen LogP contribution in [0.2, 0.25) is 0 Å². The second-order valence-electron chi connectivity index (χ2n) is 7.62. The smallest absolute Gasteiger partial charge is 0.387 e. The van der Waals surface area contributed by atoms with Gasteiger partial charge < -0.3 is 14.1 Å². The molecule has 0 N–H and O–H groups in total. The maximum absolute atomic E-state index is 14.2. The summed E-state index contributed by atoms with van der Waals surface area (Å²) in [6.07, 6.45) is 3.36. The Morgan fingerprint density at radius 2 is 2.09 bits per heavy atom. The minimum Gasteiger partial charge on any atom is -0.452 e. The molecule has 1 aliphatic heterocycles. The highest BCUT2D eigenvalue weighted by Crippen LogP contribution is 2.42. The molecule has 1 unspecified atom stereocenters. The third-order valence-electron chi connectivity index (χ3n) is 5.66. The third kappa shape index (κ3) is 3.70. The molecule has 4 aromatic rings. The van der Waals surface area contributed by atoms with E-state index in [2.05, 4.69) is 25.7 Å². The molecule has 32 heavy (non-hydrogen) atoms. The average Bonchev–Trinajstić information content (AvgIpc) is 3.32. The van der Waals surface area contributed by atoms with Crippen molar-refractivity contribution in [2.45, 2.75) is 25.5 Å². The van der Waals surface area contributed by atoms with Crippen LogP contribution in [0.4, 0.5) is 13.2 Å². The average molecular weight is 505 g/mol. The topological polar surface area (TPSA) is 55.6 Å². The minimum atomic E-state index is -3.00. The largest absolute Gasteiger partial charge is 0.452 e. The molecule has 1 fully saturated rings. The van der Waals surface area contributed by atoms with Crippen LogP contribution in [-0.4, -0.2) is 28.9 Å². The van der Waals surface area contributed by atoms with Crippen molar-refractivity contribution in [3.05, 3.63) is 70.2 Å². The van der Waals surface area contributed by atoms with Crippen molar-refractivity contribution in [3.8, 4) is 5.75 Å². The summed E-state index contributed by atoms with van der Waals surface area (Å²) >= 11 is 3.33. The number of carbonyl (C=O) groups is 1. The van der Waals surface area contributed by atoms with Crippen LogP contribution in [0.1, 0.15) is 23.5 Å². The highest BCUT2D eigenvalue weighted by molar-refractivity contribution is 9.10. The Kier molecular flexibility index (Phi) is 5.28. The first kappa shape index (κ1) is 20.8. The maximum atomic E-state index is 14.2. The number of benzene rings is 2. The fourth-order valence-electron chi connectivity index (χ4n) is 4.26. The molecule has 0 aliphatic carbocycles. The summed E-state index contributed by atoms with van der Waals surface area (Å²) in [5, 5.41) is 1.25. The van der Waals surface area contributed by atoms with Gasteiger partial charge in [-0.25, -0.2) is 4.39 Å². The molecular weight excluding hydrogens is 489 g/mol. The zero-order valence-electron chi connectivity index (χ0n) is 16.5. The quantitative estimate of drug-likeness (QED) is 0.334. The standard InChI is InChI=1S/C23H16BrF3N2O3/c24-14-1-3-17(25)13(7-14)11-29-10-12(8-20(29)30)15-2-4-19(32-23(26)27)22-21(15)16-9-28-6-5-18(16)31-22/h1-7,9,12,23H,8,10-11H2. The van der Waals surface area contributed by atoms with Crippen LogP contribution in [0, 0.1) is 5.82 Å². The first-order valence-corrected chi connectivity index (χ1v) is 10.7. The number of halogens is 4. The molecule has 2 aromatic carbocycles. The summed E-state index contributed by atoms with van der Waals surface area (Å²) in [7, 11) is 0. The Labute approximate surface area is 188 Å². The first-order valence-electron chi connectivity index (χ1n) is 9.86. The van der Waals surface area contributed by atoms with Crippen molar-refractivity contribution in [2.75, 3.05) is 6.54 Å². The lowest BCUT2D eigenvalue weighted by Crippen LogP contribution is -2.25. The van der Waals surface area contributed by atoms with Gasteiger partial charge in [0.1, 0.15) is 11.4 Å². The number of likely N-dealkylation sites (tertiary alicyclic amines) is 1. The fraction of sp³-hybridized carbons (Fsp3) is 0.217. The maximum Gasteiger partial charge on any atom is 0.387 e. The number of nitrogens with zero attached hydrogens (tertiary/aromatic N) is 2. The number of furan rings is 1. The molecule has 2 aromatic heterocycles. The molecule has 0 spiro atoms. The van der Waals surface area contributed by atoms with Gasteiger partial charge in [-0.05, 0) is 35.9 Å². The molecule has 0 radical (unpaired) electrons. The highest BCUT2D eigenvalue weighted by atomic mass is 79.9. The van der Waals surface area contributed by atoms with Gasteiger partial charge in [-0.2, -0.15) is 8.78 Å². The van der Waals surface area contributed by atoms with E-state index in [1.165, 1.54) is 12.1 Å². The number of amides is 1. The monoisotopic (exact) mass is 504 g/mol. The number of ether oxygens (including phenoxy) is 1. The lowest BCUT2D eigenvalue weighted by molar-refractivity contribution is -0.128. The molecule has 164 valence electrons. The van der Waals surface area contributed by atoms with Gasteiger partial charge in [0.25, 0.3) is 0 Å². The molecule has 5 rings (SSSR count). The van der Waals surface area contributed by atoms with Crippen molar-refractivity contribution < 1.29 is 27.1 Å². The molecule has 1 atom stereocenters. The normalized spacial score (nSPS) is 16.6. The van der Waals surface area contributed by atoms with E-state index in [0.717, 1.165) is 10.0 Å². The molecule has 3 heterocycles. The van der Waals surface area contributed by atoms with Crippen molar-refractivity contribution in [1.29, 1.82) is 0 Å². The SMILES string of the molecule is O=C1CC(c2ccc(OC(F)F)c3oc4ccncc4c23)CN1Cc1cc(Br)ccc1F. The zero-order chi connectivity index (χ0) is 22.4. The summed E-state index contributed by atoms with van der Waals surface area (Å²) in [4.78, 5) is 18.5. The number of alkyl halides is 2. The number of hydrogen-bond donors (Lipinski definition) is 0. The van der Waals surface area contributed by atoms with E-state index < -0.39 is 6.61 Å². The second-order valence-corrected chi connectivity index (χ2v) is 8.54. The van der Waals surface area contributed by atoms with Gasteiger partial charge in [-0.3, -0.25) is 9.78 Å². The van der Waals surface area contributed by atoms with Crippen LogP contribution in [0.5, 0.6) is 5.75 Å². The molecule has 0 saturated carbocycles. The van der Waals surface area contributed by atoms with E-state index in [-0.39, 0.29) is 41.9 Å². The summed E-state index contributed by atoms with van der Waals surface area (Å²) in [6.45, 7) is -2.50. The van der Waals surface area contributed by atoms with Gasteiger partial charge in [0.2, 0.25) is 5.91 Å². The number of aromatic nitrogens is 1. The lowest BCUT2D eigenvalue weighted by Gasteiger charge is -2.18. The molecule has 9 heteroatoms. The van der Waals surface area contributed by atoms with E-state index in [1.54, 1.807) is 41.6 Å². The lowest BCUT2D eigenvalue weighted by atomic mass is 9.93. The summed E-state index contributed by atoms with van der Waals surface area (Å²) in [5.74, 6) is -0.789. The Bertz CT molecular complexity index is 1340. The number of hydrogen-bond acceptors (Lipinski definition) is 4. The van der Waals surface area contributed by atoms with Gasteiger partial charge in [0.15, 0.2) is 11.3 Å². The predicted octanol–water partition coefficient (Wildman–Crippen LogP) is 6.00. The Morgan fingerprint density at radius 3 is 2.91 bits per heavy atom.